The van der Waals surface area contributed by atoms with Crippen molar-refractivity contribution in [2.45, 2.75) is 26.2 Å². The van der Waals surface area contributed by atoms with E-state index in [0.717, 1.165) is 29.0 Å². The van der Waals surface area contributed by atoms with Gasteiger partial charge in [-0.1, -0.05) is 36.4 Å². The fourth-order valence-corrected chi connectivity index (χ4v) is 4.84. The quantitative estimate of drug-likeness (QED) is 0.397. The van der Waals surface area contributed by atoms with Crippen LogP contribution in [-0.4, -0.2) is 17.7 Å². The average molecular weight is 423 g/mol. The maximum absolute atomic E-state index is 12.5. The molecule has 3 aromatic rings. The van der Waals surface area contributed by atoms with E-state index in [-0.39, 0.29) is 5.97 Å². The van der Waals surface area contributed by atoms with Crippen LogP contribution in [0.4, 0.5) is 10.7 Å². The van der Waals surface area contributed by atoms with Crippen LogP contribution in [0.2, 0.25) is 0 Å². The number of benzene rings is 2. The van der Waals surface area contributed by atoms with Gasteiger partial charge in [0.2, 0.25) is 0 Å². The molecular weight excluding hydrogens is 400 g/mol. The first-order chi connectivity index (χ1) is 14.1. The van der Waals surface area contributed by atoms with Crippen molar-refractivity contribution in [3.63, 3.8) is 0 Å². The summed E-state index contributed by atoms with van der Waals surface area (Å²) < 4.78 is 5.23. The third-order valence-electron chi connectivity index (χ3n) is 4.87. The number of thiocarbonyl (C=S) groups is 1. The van der Waals surface area contributed by atoms with Crippen molar-refractivity contribution >= 4 is 45.3 Å². The van der Waals surface area contributed by atoms with E-state index in [4.69, 9.17) is 17.0 Å². The number of ether oxygens (including phenoxy) is 1. The number of aryl methyl sites for hydroxylation is 2. The Morgan fingerprint density at radius 2 is 1.86 bits per heavy atom. The summed E-state index contributed by atoms with van der Waals surface area (Å²) in [5.74, 6) is -0.353. The number of hydrogen-bond donors (Lipinski definition) is 2. The third kappa shape index (κ3) is 4.49. The van der Waals surface area contributed by atoms with E-state index in [1.165, 1.54) is 28.9 Å². The standard InChI is InChI=1S/C23H22N2O2S2/c1-2-27-22(26)19-14-20(16-7-4-3-5-8-16)29-21(19)25-23(28)24-18-12-11-15-9-6-10-17(15)13-18/h3-5,7-8,11-14H,2,6,9-10H2,1H3,(H2,24,25,28). The molecule has 2 aromatic carbocycles. The predicted molar refractivity (Wildman–Crippen MR) is 124 cm³/mol. The molecular formula is C23H22N2O2S2. The van der Waals surface area contributed by atoms with Crippen LogP contribution in [0.25, 0.3) is 10.4 Å². The SMILES string of the molecule is CCOC(=O)c1cc(-c2ccccc2)sc1NC(=S)Nc1ccc2c(c1)CCC2. The Hall–Kier alpha value is -2.70. The average Bonchev–Trinajstić information content (AvgIpc) is 3.35. The molecule has 0 radical (unpaired) electrons. The Kier molecular flexibility index (Phi) is 5.92. The number of carbonyl (C=O) groups excluding carboxylic acids is 1. The minimum absolute atomic E-state index is 0.326. The largest absolute Gasteiger partial charge is 0.462 e. The Morgan fingerprint density at radius 1 is 1.07 bits per heavy atom. The number of rotatable bonds is 5. The minimum Gasteiger partial charge on any atom is -0.462 e. The maximum Gasteiger partial charge on any atom is 0.341 e. The molecule has 0 atom stereocenters. The third-order valence-corrected chi connectivity index (χ3v) is 6.17. The molecule has 1 aliphatic carbocycles. The highest BCUT2D eigenvalue weighted by atomic mass is 32.1. The lowest BCUT2D eigenvalue weighted by molar-refractivity contribution is 0.0528. The number of esters is 1. The highest BCUT2D eigenvalue weighted by molar-refractivity contribution is 7.80. The monoisotopic (exact) mass is 422 g/mol. The van der Waals surface area contributed by atoms with Crippen LogP contribution in [0.3, 0.4) is 0 Å². The van der Waals surface area contributed by atoms with Crippen molar-refractivity contribution < 1.29 is 9.53 Å². The van der Waals surface area contributed by atoms with E-state index in [1.807, 2.05) is 42.5 Å². The van der Waals surface area contributed by atoms with Crippen LogP contribution in [-0.2, 0) is 17.6 Å². The topological polar surface area (TPSA) is 50.4 Å². The van der Waals surface area contributed by atoms with Gasteiger partial charge in [0.1, 0.15) is 5.00 Å². The summed E-state index contributed by atoms with van der Waals surface area (Å²) in [7, 11) is 0. The second-order valence-electron chi connectivity index (χ2n) is 6.86. The summed E-state index contributed by atoms with van der Waals surface area (Å²) >= 11 is 7.00. The van der Waals surface area contributed by atoms with E-state index < -0.39 is 0 Å². The molecule has 0 bridgehead atoms. The summed E-state index contributed by atoms with van der Waals surface area (Å²) in [5, 5.41) is 7.57. The lowest BCUT2D eigenvalue weighted by Crippen LogP contribution is -2.20. The number of fused-ring (bicyclic) bond motifs is 1. The molecule has 0 fully saturated rings. The van der Waals surface area contributed by atoms with Gasteiger partial charge in [0.15, 0.2) is 5.11 Å². The number of nitrogens with one attached hydrogen (secondary N) is 2. The molecule has 2 N–H and O–H groups in total. The Bertz CT molecular complexity index is 1040. The molecule has 29 heavy (non-hydrogen) atoms. The zero-order chi connectivity index (χ0) is 20.2. The van der Waals surface area contributed by atoms with Crippen LogP contribution in [0, 0.1) is 0 Å². The van der Waals surface area contributed by atoms with Gasteiger partial charge in [-0.2, -0.15) is 0 Å². The molecule has 0 aliphatic heterocycles. The fourth-order valence-electron chi connectivity index (χ4n) is 3.50. The van der Waals surface area contributed by atoms with E-state index in [0.29, 0.717) is 22.3 Å². The van der Waals surface area contributed by atoms with E-state index in [1.54, 1.807) is 6.92 Å². The van der Waals surface area contributed by atoms with Gasteiger partial charge in [0, 0.05) is 10.6 Å². The summed E-state index contributed by atoms with van der Waals surface area (Å²) in [6, 6.07) is 18.2. The zero-order valence-corrected chi connectivity index (χ0v) is 17.8. The van der Waals surface area contributed by atoms with E-state index in [2.05, 4.69) is 22.8 Å². The van der Waals surface area contributed by atoms with Gasteiger partial charge in [-0.15, -0.1) is 11.3 Å². The Labute approximate surface area is 179 Å². The number of anilines is 2. The number of hydrogen-bond acceptors (Lipinski definition) is 4. The molecule has 1 aromatic heterocycles. The molecule has 0 spiro atoms. The van der Waals surface area contributed by atoms with Gasteiger partial charge in [0.05, 0.1) is 12.2 Å². The lowest BCUT2D eigenvalue weighted by atomic mass is 10.1. The highest BCUT2D eigenvalue weighted by Gasteiger charge is 2.19. The minimum atomic E-state index is -0.353. The number of carbonyl (C=O) groups is 1. The Morgan fingerprint density at radius 3 is 2.66 bits per heavy atom. The molecule has 4 nitrogen and oxygen atoms in total. The lowest BCUT2D eigenvalue weighted by Gasteiger charge is -2.12. The van der Waals surface area contributed by atoms with Crippen molar-refractivity contribution in [2.24, 2.45) is 0 Å². The number of thiophene rings is 1. The van der Waals surface area contributed by atoms with E-state index in [9.17, 15) is 4.79 Å². The van der Waals surface area contributed by atoms with Crippen molar-refractivity contribution in [2.75, 3.05) is 17.2 Å². The normalized spacial score (nSPS) is 12.3. The van der Waals surface area contributed by atoms with Gasteiger partial charge >= 0.3 is 5.97 Å². The van der Waals surface area contributed by atoms with Crippen molar-refractivity contribution in [1.82, 2.24) is 0 Å². The first-order valence-corrected chi connectivity index (χ1v) is 10.9. The van der Waals surface area contributed by atoms with Gasteiger partial charge < -0.3 is 15.4 Å². The molecule has 0 saturated heterocycles. The predicted octanol–water partition coefficient (Wildman–Crippen LogP) is 5.89. The molecule has 148 valence electrons. The van der Waals surface area contributed by atoms with Crippen LogP contribution in [0.15, 0.2) is 54.6 Å². The Balaban J connectivity index is 1.55. The molecule has 4 rings (SSSR count). The molecule has 0 saturated carbocycles. The van der Waals surface area contributed by atoms with Crippen molar-refractivity contribution in [1.29, 1.82) is 0 Å². The summed E-state index contributed by atoms with van der Waals surface area (Å²) in [6.45, 7) is 2.13. The molecule has 1 heterocycles. The maximum atomic E-state index is 12.5. The van der Waals surface area contributed by atoms with Crippen LogP contribution in [0.5, 0.6) is 0 Å². The second kappa shape index (κ2) is 8.76. The van der Waals surface area contributed by atoms with Crippen LogP contribution >= 0.6 is 23.6 Å². The zero-order valence-electron chi connectivity index (χ0n) is 16.2. The first kappa shape index (κ1) is 19.6. The van der Waals surface area contributed by atoms with Gasteiger partial charge in [0.25, 0.3) is 0 Å². The van der Waals surface area contributed by atoms with Gasteiger partial charge in [-0.25, -0.2) is 4.79 Å². The smallest absolute Gasteiger partial charge is 0.341 e. The first-order valence-electron chi connectivity index (χ1n) is 9.70. The molecule has 0 unspecified atom stereocenters. The summed E-state index contributed by atoms with van der Waals surface area (Å²) in [6.07, 6.45) is 3.48. The van der Waals surface area contributed by atoms with Crippen LogP contribution < -0.4 is 10.6 Å². The summed E-state index contributed by atoms with van der Waals surface area (Å²) in [5.41, 5.74) is 5.31. The van der Waals surface area contributed by atoms with Crippen molar-refractivity contribution in [3.05, 3.63) is 71.3 Å². The summed E-state index contributed by atoms with van der Waals surface area (Å²) in [4.78, 5) is 13.4. The molecule has 1 aliphatic rings. The van der Waals surface area contributed by atoms with Gasteiger partial charge in [-0.05, 0) is 73.3 Å². The van der Waals surface area contributed by atoms with Crippen molar-refractivity contribution in [3.8, 4) is 10.4 Å². The van der Waals surface area contributed by atoms with Crippen LogP contribution in [0.1, 0.15) is 34.8 Å². The molecule has 0 amide bonds. The van der Waals surface area contributed by atoms with Gasteiger partial charge in [-0.3, -0.25) is 0 Å². The fraction of sp³-hybridized carbons (Fsp3) is 0.217. The second-order valence-corrected chi connectivity index (χ2v) is 8.32. The highest BCUT2D eigenvalue weighted by Crippen LogP contribution is 2.36. The van der Waals surface area contributed by atoms with E-state index >= 15 is 0 Å². The molecule has 6 heteroatoms.